The first-order chi connectivity index (χ1) is 16.1. The lowest BCUT2D eigenvalue weighted by atomic mass is 10.0. The van der Waals surface area contributed by atoms with Gasteiger partial charge in [0.1, 0.15) is 31.3 Å². The third kappa shape index (κ3) is 6.33. The van der Waals surface area contributed by atoms with Crippen molar-refractivity contribution in [2.75, 3.05) is 20.3 Å². The summed E-state index contributed by atoms with van der Waals surface area (Å²) in [5.74, 6) is 0.682. The Labute approximate surface area is 198 Å². The second-order valence-electron chi connectivity index (χ2n) is 6.98. The van der Waals surface area contributed by atoms with Crippen LogP contribution in [0.5, 0.6) is 5.75 Å². The molecular weight excluding hydrogens is 443 g/mol. The van der Waals surface area contributed by atoms with E-state index in [1.807, 2.05) is 43.3 Å². The van der Waals surface area contributed by atoms with E-state index in [9.17, 15) is 4.39 Å². The van der Waals surface area contributed by atoms with Gasteiger partial charge in [-0.15, -0.1) is 5.16 Å². The molecule has 0 N–H and O–H groups in total. The zero-order valence-corrected chi connectivity index (χ0v) is 19.6. The summed E-state index contributed by atoms with van der Waals surface area (Å²) in [6, 6.07) is 20.5. The number of nitrogens with zero attached hydrogens (tertiary/aromatic N) is 2. The van der Waals surface area contributed by atoms with Crippen LogP contribution in [0.2, 0.25) is 5.02 Å². The molecule has 1 aliphatic heterocycles. The minimum atomic E-state index is -0.433. The lowest BCUT2D eigenvalue weighted by Gasteiger charge is -2.08. The lowest BCUT2D eigenvalue weighted by molar-refractivity contribution is 0.215. The van der Waals surface area contributed by atoms with Gasteiger partial charge in [0.2, 0.25) is 5.90 Å². The summed E-state index contributed by atoms with van der Waals surface area (Å²) in [6.45, 7) is 4.78. The molecule has 4 rings (SSSR count). The van der Waals surface area contributed by atoms with Gasteiger partial charge in [0.25, 0.3) is 0 Å². The average molecular weight is 469 g/mol. The summed E-state index contributed by atoms with van der Waals surface area (Å²) < 4.78 is 25.2. The van der Waals surface area contributed by atoms with Crippen molar-refractivity contribution in [3.63, 3.8) is 0 Å². The van der Waals surface area contributed by atoms with Gasteiger partial charge in [-0.05, 0) is 54.8 Å². The van der Waals surface area contributed by atoms with E-state index in [0.717, 1.165) is 22.4 Å². The van der Waals surface area contributed by atoms with Crippen molar-refractivity contribution < 1.29 is 18.7 Å². The molecule has 1 atom stereocenters. The molecule has 0 aliphatic carbocycles. The predicted molar refractivity (Wildman–Crippen MR) is 131 cm³/mol. The maximum absolute atomic E-state index is 14.1. The number of benzene rings is 3. The summed E-state index contributed by atoms with van der Waals surface area (Å²) in [6.07, 6.45) is 1.58. The highest BCUT2D eigenvalue weighted by Gasteiger charge is 2.25. The Morgan fingerprint density at radius 1 is 1.09 bits per heavy atom. The van der Waals surface area contributed by atoms with Gasteiger partial charge < -0.3 is 14.3 Å². The van der Waals surface area contributed by atoms with Crippen molar-refractivity contribution in [3.05, 3.63) is 88.7 Å². The van der Waals surface area contributed by atoms with E-state index in [0.29, 0.717) is 18.2 Å². The molecule has 1 unspecified atom stereocenters. The Morgan fingerprint density at radius 3 is 2.30 bits per heavy atom. The van der Waals surface area contributed by atoms with Crippen LogP contribution >= 0.6 is 11.6 Å². The molecule has 0 saturated heterocycles. The molecule has 1 aliphatic rings. The van der Waals surface area contributed by atoms with Crippen molar-refractivity contribution in [2.24, 2.45) is 10.1 Å². The fourth-order valence-electron chi connectivity index (χ4n) is 3.30. The van der Waals surface area contributed by atoms with Crippen LogP contribution in [0.1, 0.15) is 31.0 Å². The second kappa shape index (κ2) is 12.0. The van der Waals surface area contributed by atoms with Crippen molar-refractivity contribution in [3.8, 4) is 16.9 Å². The van der Waals surface area contributed by atoms with E-state index in [1.54, 1.807) is 25.3 Å². The Morgan fingerprint density at radius 2 is 1.76 bits per heavy atom. The van der Waals surface area contributed by atoms with E-state index < -0.39 is 5.82 Å². The van der Waals surface area contributed by atoms with Gasteiger partial charge in [-0.25, -0.2) is 9.38 Å². The molecule has 1 heterocycles. The van der Waals surface area contributed by atoms with Gasteiger partial charge in [0, 0.05) is 6.21 Å². The van der Waals surface area contributed by atoms with Crippen molar-refractivity contribution in [1.82, 2.24) is 0 Å². The first-order valence-corrected chi connectivity index (χ1v) is 10.9. The van der Waals surface area contributed by atoms with Crippen LogP contribution in [0.3, 0.4) is 0 Å². The molecule has 3 aromatic carbocycles. The van der Waals surface area contributed by atoms with Crippen LogP contribution in [0, 0.1) is 5.82 Å². The highest BCUT2D eigenvalue weighted by Crippen LogP contribution is 2.30. The zero-order chi connectivity index (χ0) is 23.6. The molecule has 5 nitrogen and oxygen atoms in total. The molecule has 3 aromatic rings. The van der Waals surface area contributed by atoms with Crippen molar-refractivity contribution >= 4 is 23.7 Å². The highest BCUT2D eigenvalue weighted by atomic mass is 35.5. The predicted octanol–water partition coefficient (Wildman–Crippen LogP) is 6.70. The molecule has 7 heteroatoms. The van der Waals surface area contributed by atoms with E-state index in [-0.39, 0.29) is 17.5 Å². The third-order valence-electron chi connectivity index (χ3n) is 4.83. The number of oxime groups is 1. The van der Waals surface area contributed by atoms with Gasteiger partial charge in [-0.2, -0.15) is 0 Å². The van der Waals surface area contributed by atoms with Crippen molar-refractivity contribution in [2.45, 2.75) is 19.9 Å². The molecule has 0 bridgehead atoms. The van der Waals surface area contributed by atoms with Crippen LogP contribution in [-0.4, -0.2) is 32.4 Å². The molecule has 0 saturated carbocycles. The second-order valence-corrected chi connectivity index (χ2v) is 7.39. The highest BCUT2D eigenvalue weighted by molar-refractivity contribution is 6.33. The van der Waals surface area contributed by atoms with Crippen LogP contribution in [0.25, 0.3) is 11.1 Å². The van der Waals surface area contributed by atoms with E-state index in [2.05, 4.69) is 27.1 Å². The van der Waals surface area contributed by atoms with Crippen molar-refractivity contribution in [1.29, 1.82) is 0 Å². The molecule has 172 valence electrons. The molecule has 0 fully saturated rings. The lowest BCUT2D eigenvalue weighted by Crippen LogP contribution is -2.05. The van der Waals surface area contributed by atoms with E-state index >= 15 is 0 Å². The summed E-state index contributed by atoms with van der Waals surface area (Å²) in [5, 5.41) is 3.64. The summed E-state index contributed by atoms with van der Waals surface area (Å²) in [4.78, 5) is 8.80. The Hall–Kier alpha value is -3.38. The molecule has 0 amide bonds. The first kappa shape index (κ1) is 24.3. The van der Waals surface area contributed by atoms with E-state index in [1.165, 1.54) is 13.2 Å². The fourth-order valence-corrected chi connectivity index (χ4v) is 3.54. The maximum atomic E-state index is 14.1. The topological polar surface area (TPSA) is 52.4 Å². The smallest absolute Gasteiger partial charge is 0.221 e. The van der Waals surface area contributed by atoms with Gasteiger partial charge in [0.15, 0.2) is 0 Å². The zero-order valence-electron chi connectivity index (χ0n) is 18.8. The summed E-state index contributed by atoms with van der Waals surface area (Å²) in [5.41, 5.74) is 3.45. The van der Waals surface area contributed by atoms with Gasteiger partial charge in [0.05, 0.1) is 17.2 Å². The number of ether oxygens (including phenoxy) is 2. The van der Waals surface area contributed by atoms with Crippen LogP contribution < -0.4 is 4.74 Å². The number of hydrogen-bond donors (Lipinski definition) is 0. The monoisotopic (exact) mass is 468 g/mol. The normalized spacial score (nSPS) is 14.8. The van der Waals surface area contributed by atoms with Gasteiger partial charge in [-0.1, -0.05) is 54.1 Å². The minimum absolute atomic E-state index is 0.181. The number of halogens is 2. The first-order valence-electron chi connectivity index (χ1n) is 10.6. The Kier molecular flexibility index (Phi) is 8.84. The van der Waals surface area contributed by atoms with Gasteiger partial charge >= 0.3 is 0 Å². The minimum Gasteiger partial charge on any atom is -0.494 e. The molecular formula is C26H26ClFN2O3. The molecule has 0 spiro atoms. The summed E-state index contributed by atoms with van der Waals surface area (Å²) >= 11 is 6.11. The molecule has 0 aromatic heterocycles. The van der Waals surface area contributed by atoms with Crippen LogP contribution in [0.4, 0.5) is 4.39 Å². The Balaban J connectivity index is 0.000000555. The number of rotatable bonds is 6. The van der Waals surface area contributed by atoms with E-state index in [4.69, 9.17) is 21.1 Å². The van der Waals surface area contributed by atoms with Crippen LogP contribution in [0.15, 0.2) is 76.9 Å². The summed E-state index contributed by atoms with van der Waals surface area (Å²) in [7, 11) is 1.51. The number of aliphatic imine (C=N–C) groups is 1. The third-order valence-corrected chi connectivity index (χ3v) is 5.15. The quantitative estimate of drug-likeness (QED) is 0.298. The van der Waals surface area contributed by atoms with Gasteiger partial charge in [-0.3, -0.25) is 0 Å². The molecule has 0 radical (unpaired) electrons. The average Bonchev–Trinajstić information content (AvgIpc) is 3.31. The Bertz CT molecular complexity index is 1080. The SMILES string of the molecule is CC=NOC.CCOc1ccc(-c2ccc(C3COC(c4c(F)cccc4Cl)=N3)cc2)cc1. The number of hydrogen-bond acceptors (Lipinski definition) is 5. The van der Waals surface area contributed by atoms with Crippen LogP contribution in [-0.2, 0) is 9.57 Å². The fraction of sp³-hybridized carbons (Fsp3) is 0.231. The maximum Gasteiger partial charge on any atom is 0.221 e. The molecule has 33 heavy (non-hydrogen) atoms. The largest absolute Gasteiger partial charge is 0.494 e. The standard InChI is InChI=1S/C23H19ClFNO2.C3H7NO/c1-2-27-18-12-10-16(11-13-18)15-6-8-17(9-7-15)21-14-28-23(26-21)22-19(24)4-3-5-20(22)25;1-3-4-5-2/h3-13,21H,2,14H2,1H3;3H,1-2H3.